The van der Waals surface area contributed by atoms with E-state index in [-0.39, 0.29) is 36.7 Å². The summed E-state index contributed by atoms with van der Waals surface area (Å²) in [6, 6.07) is 6.51. The van der Waals surface area contributed by atoms with Crippen molar-refractivity contribution < 1.29 is 49.0 Å². The fourth-order valence-electron chi connectivity index (χ4n) is 3.62. The molecular formula is C44H84F3NOU. The second-order valence-corrected chi connectivity index (χ2v) is 12.5. The minimum atomic E-state index is -4.18. The first-order valence-corrected chi connectivity index (χ1v) is 19.6. The van der Waals surface area contributed by atoms with Crippen LogP contribution in [0.5, 0.6) is 0 Å². The molecule has 1 aromatic rings. The van der Waals surface area contributed by atoms with Gasteiger partial charge in [-0.1, -0.05) is 164 Å². The summed E-state index contributed by atoms with van der Waals surface area (Å²) in [5.41, 5.74) is 3.34. The Labute approximate surface area is 336 Å². The molecule has 296 valence electrons. The second-order valence-electron chi connectivity index (χ2n) is 12.5. The predicted molar refractivity (Wildman–Crippen MR) is 219 cm³/mol. The fourth-order valence-corrected chi connectivity index (χ4v) is 3.62. The number of nitrogens with zero attached hydrogens (tertiary/aromatic N) is 1. The van der Waals surface area contributed by atoms with Crippen molar-refractivity contribution >= 4 is 5.69 Å². The van der Waals surface area contributed by atoms with E-state index in [4.69, 9.17) is 4.74 Å². The minimum Gasteiger partial charge on any atom is -0.384 e. The zero-order valence-corrected chi connectivity index (χ0v) is 39.6. The number of hydrogen-bond acceptors (Lipinski definition) is 2. The fraction of sp³-hybridized carbons (Fsp3) is 0.727. The summed E-state index contributed by atoms with van der Waals surface area (Å²) in [6.45, 7) is 31.6. The van der Waals surface area contributed by atoms with Gasteiger partial charge in [-0.2, -0.15) is 26.0 Å². The Morgan fingerprint density at radius 2 is 1.30 bits per heavy atom. The molecule has 1 atom stereocenters. The Hall–Kier alpha value is -0.698. The van der Waals surface area contributed by atoms with E-state index in [0.29, 0.717) is 6.61 Å². The summed E-state index contributed by atoms with van der Waals surface area (Å²) in [5.74, 6) is 0.955. The van der Waals surface area contributed by atoms with E-state index in [1.165, 1.54) is 82.8 Å². The third kappa shape index (κ3) is 51.7. The summed E-state index contributed by atoms with van der Waals surface area (Å²) < 4.78 is 42.5. The van der Waals surface area contributed by atoms with Gasteiger partial charge in [-0.25, -0.2) is 0 Å². The van der Waals surface area contributed by atoms with Crippen molar-refractivity contribution in [1.29, 1.82) is 0 Å². The molecule has 0 aromatic heterocycles. The molecule has 1 unspecified atom stereocenters. The molecule has 0 saturated heterocycles. The summed E-state index contributed by atoms with van der Waals surface area (Å²) in [4.78, 5) is 1.99. The number of allylic oxidation sites excluding steroid dienone is 3. The average molecular weight is 938 g/mol. The van der Waals surface area contributed by atoms with E-state index in [0.717, 1.165) is 48.6 Å². The van der Waals surface area contributed by atoms with Crippen LogP contribution in [0.15, 0.2) is 47.7 Å². The molecule has 0 radical (unpaired) electrons. The quantitative estimate of drug-likeness (QED) is 0.0877. The number of anilines is 1. The van der Waals surface area contributed by atoms with Gasteiger partial charge in [0, 0.05) is 32.0 Å². The summed E-state index contributed by atoms with van der Waals surface area (Å²) in [6.07, 6.45) is 17.8. The Kier molecular flexibility index (Phi) is 59.3. The number of halogens is 3. The van der Waals surface area contributed by atoms with Gasteiger partial charge >= 0.3 is 37.3 Å². The van der Waals surface area contributed by atoms with Gasteiger partial charge < -0.3 is 23.5 Å². The molecule has 0 fully saturated rings. The van der Waals surface area contributed by atoms with Crippen molar-refractivity contribution in [2.24, 2.45) is 5.92 Å². The topological polar surface area (TPSA) is 12.5 Å². The Balaban J connectivity index is -0.000000152. The molecule has 1 aromatic carbocycles. The Bertz CT molecular complexity index is 796. The molecule has 0 N–H and O–H groups in total. The summed E-state index contributed by atoms with van der Waals surface area (Å²) in [7, 11) is 3.57. The number of methoxy groups -OCH3 is 1. The molecule has 1 rings (SSSR count). The average Bonchev–Trinajstić information content (AvgIpc) is 3.07. The van der Waals surface area contributed by atoms with Crippen LogP contribution in [0.1, 0.15) is 178 Å². The maximum Gasteiger partial charge on any atom is 2.00 e. The van der Waals surface area contributed by atoms with E-state index in [9.17, 15) is 13.2 Å². The molecule has 2 nitrogen and oxygen atoms in total. The summed E-state index contributed by atoms with van der Waals surface area (Å²) in [5, 5.41) is 0. The van der Waals surface area contributed by atoms with E-state index < -0.39 is 12.6 Å². The minimum absolute atomic E-state index is 0. The van der Waals surface area contributed by atoms with Crippen LogP contribution in [0.2, 0.25) is 0 Å². The van der Waals surface area contributed by atoms with Crippen LogP contribution in [0.25, 0.3) is 0 Å². The van der Waals surface area contributed by atoms with Gasteiger partial charge in [-0.15, -0.1) is 0 Å². The van der Waals surface area contributed by atoms with E-state index in [1.807, 2.05) is 25.8 Å². The van der Waals surface area contributed by atoms with Crippen molar-refractivity contribution in [3.05, 3.63) is 67.1 Å². The SMILES string of the molecule is CC/C=C(C)\C=C(\CCOC)N(C)c1ccc(CC(F)(F)F)cc1.CCCC.CCCC.CCCCCC(C)CC.[CH2-]CC.[CH2-]CCCC.[U+2]. The van der Waals surface area contributed by atoms with Crippen LogP contribution in [0.3, 0.4) is 0 Å². The van der Waals surface area contributed by atoms with Gasteiger partial charge in [0.15, 0.2) is 0 Å². The predicted octanol–water partition coefficient (Wildman–Crippen LogP) is 16.0. The van der Waals surface area contributed by atoms with E-state index >= 15 is 0 Å². The number of rotatable bonds is 17. The van der Waals surface area contributed by atoms with E-state index in [1.54, 1.807) is 19.2 Å². The van der Waals surface area contributed by atoms with Crippen molar-refractivity contribution in [3.8, 4) is 0 Å². The summed E-state index contributed by atoms with van der Waals surface area (Å²) >= 11 is 0. The van der Waals surface area contributed by atoms with Crippen LogP contribution in [-0.4, -0.2) is 26.9 Å². The maximum absolute atomic E-state index is 12.4. The van der Waals surface area contributed by atoms with Gasteiger partial charge in [0.1, 0.15) is 0 Å². The molecule has 0 aliphatic carbocycles. The normalized spacial score (nSPS) is 11.2. The van der Waals surface area contributed by atoms with Crippen LogP contribution < -0.4 is 4.90 Å². The Morgan fingerprint density at radius 3 is 1.62 bits per heavy atom. The first kappa shape index (κ1) is 61.3. The van der Waals surface area contributed by atoms with Crippen molar-refractivity contribution in [1.82, 2.24) is 0 Å². The van der Waals surface area contributed by atoms with Crippen LogP contribution in [0, 0.1) is 50.9 Å². The zero-order valence-electron chi connectivity index (χ0n) is 35.5. The van der Waals surface area contributed by atoms with Gasteiger partial charge in [0.2, 0.25) is 0 Å². The van der Waals surface area contributed by atoms with Crippen molar-refractivity contribution in [2.75, 3.05) is 25.7 Å². The smallest absolute Gasteiger partial charge is 0.384 e. The largest absolute Gasteiger partial charge is 2.00 e. The number of alkyl halides is 3. The standard InChI is InChI=1S/C19H26F3NO.C9H20.C5H11.2C4H10.C3H7.U/c1-5-6-15(2)13-18(11-12-24-4)23(3)17-9-7-16(8-10-17)14-19(20,21)22;1-4-6-7-8-9(3)5-2;1-3-5-4-2;2*1-3-4-2;1-3-2;/h6-10,13H,5,11-12,14H2,1-4H3;9H,4-8H2,1-3H3;1,3-5H2,2H3;2*3-4H2,1-2H3;1,3H2,2H3;/q;;-1;;;-1;+2/b15-6-,18-13-;;;;;;. The number of hydrogen-bond donors (Lipinski definition) is 0. The Morgan fingerprint density at radius 1 is 0.820 bits per heavy atom. The second kappa shape index (κ2) is 48.3. The monoisotopic (exact) mass is 938 g/mol. The molecule has 0 heterocycles. The first-order valence-electron chi connectivity index (χ1n) is 19.6. The zero-order chi connectivity index (χ0) is 38.9. The molecule has 0 aliphatic rings. The van der Waals surface area contributed by atoms with Crippen LogP contribution >= 0.6 is 0 Å². The third-order valence-electron chi connectivity index (χ3n) is 7.24. The maximum atomic E-state index is 12.4. The molecule has 0 spiro atoms. The van der Waals surface area contributed by atoms with Crippen molar-refractivity contribution in [3.63, 3.8) is 0 Å². The molecule has 0 amide bonds. The molecular weight excluding hydrogens is 854 g/mol. The van der Waals surface area contributed by atoms with E-state index in [2.05, 4.69) is 88.3 Å². The molecule has 0 aliphatic heterocycles. The number of ether oxygens (including phenoxy) is 1. The van der Waals surface area contributed by atoms with Crippen molar-refractivity contribution in [2.45, 2.75) is 185 Å². The van der Waals surface area contributed by atoms with Gasteiger partial charge in [-0.05, 0) is 43.0 Å². The molecule has 6 heteroatoms. The number of benzene rings is 1. The van der Waals surface area contributed by atoms with Gasteiger partial charge in [0.25, 0.3) is 0 Å². The number of unbranched alkanes of at least 4 members (excludes halogenated alkanes) is 6. The van der Waals surface area contributed by atoms with Gasteiger partial charge in [0.05, 0.1) is 13.0 Å². The molecule has 0 bridgehead atoms. The van der Waals surface area contributed by atoms with Crippen LogP contribution in [-0.2, 0) is 11.2 Å². The third-order valence-corrected chi connectivity index (χ3v) is 7.24. The van der Waals surface area contributed by atoms with Crippen LogP contribution in [0.4, 0.5) is 18.9 Å². The van der Waals surface area contributed by atoms with Gasteiger partial charge in [-0.3, -0.25) is 0 Å². The first-order chi connectivity index (χ1) is 23.2. The molecule has 50 heavy (non-hydrogen) atoms. The molecule has 0 saturated carbocycles.